The Morgan fingerprint density at radius 3 is 2.21 bits per heavy atom. The summed E-state index contributed by atoms with van der Waals surface area (Å²) in [5.74, 6) is -0.0319. The molecule has 0 aliphatic heterocycles. The first-order valence-electron chi connectivity index (χ1n) is 7.52. The van der Waals surface area contributed by atoms with Gasteiger partial charge in [-0.25, -0.2) is 0 Å². The highest BCUT2D eigenvalue weighted by atomic mass is 16.6. The van der Waals surface area contributed by atoms with Gasteiger partial charge in [0.2, 0.25) is 0 Å². The van der Waals surface area contributed by atoms with Crippen LogP contribution in [0, 0.1) is 17.0 Å². The second kappa shape index (κ2) is 6.12. The van der Waals surface area contributed by atoms with E-state index < -0.39 is 4.92 Å². The molecule has 0 amide bonds. The molecule has 0 N–H and O–H groups in total. The minimum Gasteiger partial charge on any atom is -0.320 e. The Balaban J connectivity index is 2.17. The third-order valence-electron chi connectivity index (χ3n) is 4.03. The van der Waals surface area contributed by atoms with E-state index in [1.165, 1.54) is 19.1 Å². The number of para-hydroxylation sites is 1. The van der Waals surface area contributed by atoms with Crippen LogP contribution in [0.4, 0.5) is 5.69 Å². The van der Waals surface area contributed by atoms with Crippen molar-refractivity contribution in [3.05, 3.63) is 82.2 Å². The van der Waals surface area contributed by atoms with Gasteiger partial charge in [-0.05, 0) is 43.7 Å². The third kappa shape index (κ3) is 2.72. The third-order valence-corrected chi connectivity index (χ3v) is 4.03. The number of rotatable bonds is 4. The fourth-order valence-electron chi connectivity index (χ4n) is 2.89. The summed E-state index contributed by atoms with van der Waals surface area (Å²) in [7, 11) is 0. The Morgan fingerprint density at radius 1 is 1.04 bits per heavy atom. The molecular formula is C19H16N2O3. The zero-order valence-corrected chi connectivity index (χ0v) is 13.4. The van der Waals surface area contributed by atoms with Gasteiger partial charge in [-0.3, -0.25) is 14.9 Å². The molecule has 0 atom stereocenters. The molecule has 0 saturated carbocycles. The van der Waals surface area contributed by atoms with Crippen LogP contribution in [-0.4, -0.2) is 15.3 Å². The van der Waals surface area contributed by atoms with Gasteiger partial charge in [-0.2, -0.15) is 0 Å². The van der Waals surface area contributed by atoms with Gasteiger partial charge >= 0.3 is 0 Å². The van der Waals surface area contributed by atoms with Crippen molar-refractivity contribution in [1.29, 1.82) is 0 Å². The second-order valence-corrected chi connectivity index (χ2v) is 5.57. The van der Waals surface area contributed by atoms with Gasteiger partial charge in [0.1, 0.15) is 0 Å². The van der Waals surface area contributed by atoms with Crippen LogP contribution in [0.25, 0.3) is 16.8 Å². The molecule has 0 fully saturated rings. The molecule has 3 aromatic rings. The second-order valence-electron chi connectivity index (χ2n) is 5.57. The van der Waals surface area contributed by atoms with Crippen molar-refractivity contribution < 1.29 is 9.72 Å². The van der Waals surface area contributed by atoms with E-state index in [-0.39, 0.29) is 11.5 Å². The lowest BCUT2D eigenvalue weighted by Crippen LogP contribution is -1.99. The number of hydrogen-bond acceptors (Lipinski definition) is 3. The predicted molar refractivity (Wildman–Crippen MR) is 92.6 cm³/mol. The van der Waals surface area contributed by atoms with E-state index in [1.807, 2.05) is 48.0 Å². The van der Waals surface area contributed by atoms with E-state index in [4.69, 9.17) is 0 Å². The van der Waals surface area contributed by atoms with Crippen LogP contribution in [0.3, 0.4) is 0 Å². The highest BCUT2D eigenvalue weighted by Crippen LogP contribution is 2.31. The number of nitro benzene ring substituents is 1. The Morgan fingerprint density at radius 2 is 1.67 bits per heavy atom. The molecular weight excluding hydrogens is 304 g/mol. The van der Waals surface area contributed by atoms with Crippen molar-refractivity contribution in [3.8, 4) is 16.8 Å². The van der Waals surface area contributed by atoms with E-state index >= 15 is 0 Å². The van der Waals surface area contributed by atoms with E-state index in [9.17, 15) is 14.9 Å². The minimum absolute atomic E-state index is 0.0299. The Kier molecular flexibility index (Phi) is 4.00. The Bertz CT molecular complexity index is 910. The molecule has 0 aliphatic rings. The summed E-state index contributed by atoms with van der Waals surface area (Å²) in [5, 5.41) is 10.8. The van der Waals surface area contributed by atoms with Crippen molar-refractivity contribution in [2.24, 2.45) is 0 Å². The number of nitro groups is 1. The van der Waals surface area contributed by atoms with Crippen LogP contribution in [0.2, 0.25) is 0 Å². The summed E-state index contributed by atoms with van der Waals surface area (Å²) in [5.41, 5.74) is 4.03. The van der Waals surface area contributed by atoms with Crippen LogP contribution in [0.15, 0.2) is 60.8 Å². The van der Waals surface area contributed by atoms with Gasteiger partial charge in [0.25, 0.3) is 5.69 Å². The molecule has 0 saturated heterocycles. The average Bonchev–Trinajstić information content (AvgIpc) is 2.93. The SMILES string of the molecule is CC(=O)c1c(-c2ccc([N+](=O)[O-])cc2)cn(-c2ccccc2)c1C. The van der Waals surface area contributed by atoms with Crippen molar-refractivity contribution in [3.63, 3.8) is 0 Å². The molecule has 0 radical (unpaired) electrons. The van der Waals surface area contributed by atoms with Crippen molar-refractivity contribution in [2.75, 3.05) is 0 Å². The van der Waals surface area contributed by atoms with Crippen molar-refractivity contribution in [2.45, 2.75) is 13.8 Å². The fourth-order valence-corrected chi connectivity index (χ4v) is 2.89. The van der Waals surface area contributed by atoms with E-state index in [0.29, 0.717) is 5.56 Å². The van der Waals surface area contributed by atoms with Crippen molar-refractivity contribution in [1.82, 2.24) is 4.57 Å². The van der Waals surface area contributed by atoms with Gasteiger partial charge in [0.05, 0.1) is 4.92 Å². The van der Waals surface area contributed by atoms with Gasteiger partial charge in [-0.15, -0.1) is 0 Å². The molecule has 5 heteroatoms. The maximum absolute atomic E-state index is 12.2. The molecule has 0 bridgehead atoms. The molecule has 24 heavy (non-hydrogen) atoms. The first-order valence-corrected chi connectivity index (χ1v) is 7.52. The molecule has 5 nitrogen and oxygen atoms in total. The van der Waals surface area contributed by atoms with E-state index in [2.05, 4.69) is 0 Å². The fraction of sp³-hybridized carbons (Fsp3) is 0.105. The maximum atomic E-state index is 12.2. The van der Waals surface area contributed by atoms with Crippen LogP contribution >= 0.6 is 0 Å². The molecule has 120 valence electrons. The van der Waals surface area contributed by atoms with Crippen LogP contribution in [0.5, 0.6) is 0 Å². The lowest BCUT2D eigenvalue weighted by atomic mass is 10.0. The first kappa shape index (κ1) is 15.7. The number of nitrogens with zero attached hydrogens (tertiary/aromatic N) is 2. The van der Waals surface area contributed by atoms with Crippen LogP contribution < -0.4 is 0 Å². The summed E-state index contributed by atoms with van der Waals surface area (Å²) in [6.45, 7) is 3.44. The number of Topliss-reactive ketones (excluding diaryl/α,β-unsaturated/α-hetero) is 1. The summed E-state index contributed by atoms with van der Waals surface area (Å²) in [6, 6.07) is 16.0. The highest BCUT2D eigenvalue weighted by molar-refractivity contribution is 6.02. The zero-order valence-electron chi connectivity index (χ0n) is 13.4. The van der Waals surface area contributed by atoms with E-state index in [1.54, 1.807) is 12.1 Å². The first-order chi connectivity index (χ1) is 11.5. The predicted octanol–water partition coefficient (Wildman–Crippen LogP) is 4.56. The smallest absolute Gasteiger partial charge is 0.269 e. The molecule has 2 aromatic carbocycles. The zero-order chi connectivity index (χ0) is 17.3. The van der Waals surface area contributed by atoms with Gasteiger partial charge in [-0.1, -0.05) is 18.2 Å². The molecule has 1 aromatic heterocycles. The molecule has 1 heterocycles. The maximum Gasteiger partial charge on any atom is 0.269 e. The Hall–Kier alpha value is -3.21. The normalized spacial score (nSPS) is 10.6. The summed E-state index contributed by atoms with van der Waals surface area (Å²) < 4.78 is 1.97. The van der Waals surface area contributed by atoms with Crippen LogP contribution in [-0.2, 0) is 0 Å². The molecule has 3 rings (SSSR count). The number of non-ortho nitro benzene ring substituents is 1. The number of carbonyl (C=O) groups is 1. The number of aromatic nitrogens is 1. The van der Waals surface area contributed by atoms with Gasteiger partial charge < -0.3 is 4.57 Å². The Labute approximate surface area is 139 Å². The number of carbonyl (C=O) groups excluding carboxylic acids is 1. The number of hydrogen-bond donors (Lipinski definition) is 0. The van der Waals surface area contributed by atoms with Gasteiger partial charge in [0.15, 0.2) is 5.78 Å². The molecule has 0 aliphatic carbocycles. The average molecular weight is 320 g/mol. The minimum atomic E-state index is -0.434. The van der Waals surface area contributed by atoms with Crippen LogP contribution in [0.1, 0.15) is 23.0 Å². The number of benzene rings is 2. The largest absolute Gasteiger partial charge is 0.320 e. The number of ketones is 1. The molecule has 0 spiro atoms. The van der Waals surface area contributed by atoms with Crippen molar-refractivity contribution >= 4 is 11.5 Å². The standard InChI is InChI=1S/C19H16N2O3/c1-13-19(14(2)22)18(12-20(13)16-6-4-3-5-7-16)15-8-10-17(11-9-15)21(23)24/h3-12H,1-2H3. The lowest BCUT2D eigenvalue weighted by molar-refractivity contribution is -0.384. The quantitative estimate of drug-likeness (QED) is 0.402. The highest BCUT2D eigenvalue weighted by Gasteiger charge is 2.19. The molecule has 0 unspecified atom stereocenters. The lowest BCUT2D eigenvalue weighted by Gasteiger charge is -2.05. The monoisotopic (exact) mass is 320 g/mol. The summed E-state index contributed by atoms with van der Waals surface area (Å²) in [6.07, 6.45) is 1.91. The van der Waals surface area contributed by atoms with E-state index in [0.717, 1.165) is 22.5 Å². The summed E-state index contributed by atoms with van der Waals surface area (Å²) in [4.78, 5) is 22.5. The summed E-state index contributed by atoms with van der Waals surface area (Å²) >= 11 is 0. The topological polar surface area (TPSA) is 65.1 Å². The van der Waals surface area contributed by atoms with Gasteiger partial charge in [0, 0.05) is 40.8 Å².